The molecule has 1 atom stereocenters. The predicted molar refractivity (Wildman–Crippen MR) is 129 cm³/mol. The number of H-pyrrole nitrogens is 2. The fourth-order valence-electron chi connectivity index (χ4n) is 4.40. The first kappa shape index (κ1) is 18.7. The lowest BCUT2D eigenvalue weighted by Gasteiger charge is -2.08. The van der Waals surface area contributed by atoms with E-state index in [1.807, 2.05) is 30.6 Å². The summed E-state index contributed by atoms with van der Waals surface area (Å²) in [5.41, 5.74) is 13.0. The van der Waals surface area contributed by atoms with Gasteiger partial charge in [0, 0.05) is 28.7 Å². The first-order valence-corrected chi connectivity index (χ1v) is 10.7. The van der Waals surface area contributed by atoms with Crippen LogP contribution in [0.2, 0.25) is 0 Å². The number of imidazole rings is 1. The summed E-state index contributed by atoms with van der Waals surface area (Å²) in [6.45, 7) is 2.70. The normalized spacial score (nSPS) is 12.7. The zero-order valence-electron chi connectivity index (χ0n) is 17.6. The van der Waals surface area contributed by atoms with Gasteiger partial charge in [0.15, 0.2) is 5.82 Å². The van der Waals surface area contributed by atoms with Gasteiger partial charge in [-0.05, 0) is 47.2 Å². The third kappa shape index (κ3) is 2.88. The summed E-state index contributed by atoms with van der Waals surface area (Å²) in [5, 5.41) is 11.1. The number of rotatable bonds is 4. The molecule has 0 aliphatic carbocycles. The van der Waals surface area contributed by atoms with Crippen LogP contribution in [0.25, 0.3) is 55.4 Å². The molecule has 32 heavy (non-hydrogen) atoms. The molecule has 3 aromatic carbocycles. The van der Waals surface area contributed by atoms with E-state index in [0.29, 0.717) is 6.54 Å². The summed E-state index contributed by atoms with van der Waals surface area (Å²) in [7, 11) is 0. The fourth-order valence-corrected chi connectivity index (χ4v) is 4.40. The maximum atomic E-state index is 5.92. The van der Waals surface area contributed by atoms with Crippen molar-refractivity contribution in [1.29, 1.82) is 0 Å². The number of hydrogen-bond acceptors (Lipinski definition) is 4. The molecule has 3 aromatic heterocycles. The molecule has 0 fully saturated rings. The number of fused-ring (bicyclic) bond motifs is 3. The van der Waals surface area contributed by atoms with Gasteiger partial charge in [-0.25, -0.2) is 4.98 Å². The molecular formula is C26H22N6. The Morgan fingerprint density at radius 3 is 2.75 bits per heavy atom. The maximum Gasteiger partial charge on any atom is 0.159 e. The van der Waals surface area contributed by atoms with E-state index in [1.165, 1.54) is 5.39 Å². The van der Waals surface area contributed by atoms with Crippen molar-refractivity contribution < 1.29 is 0 Å². The summed E-state index contributed by atoms with van der Waals surface area (Å²) >= 11 is 0. The molecule has 4 N–H and O–H groups in total. The lowest BCUT2D eigenvalue weighted by molar-refractivity contribution is 0.779. The van der Waals surface area contributed by atoms with Gasteiger partial charge >= 0.3 is 0 Å². The number of benzene rings is 3. The van der Waals surface area contributed by atoms with Crippen LogP contribution in [0, 0.1) is 0 Å². The van der Waals surface area contributed by atoms with Gasteiger partial charge in [0.1, 0.15) is 5.69 Å². The van der Waals surface area contributed by atoms with Crippen LogP contribution in [0.5, 0.6) is 0 Å². The van der Waals surface area contributed by atoms with Crippen molar-refractivity contribution >= 4 is 32.7 Å². The zero-order valence-corrected chi connectivity index (χ0v) is 17.6. The third-order valence-corrected chi connectivity index (χ3v) is 6.19. The number of nitrogens with zero attached hydrogens (tertiary/aromatic N) is 3. The number of hydrogen-bond donors (Lipinski definition) is 3. The Bertz CT molecular complexity index is 1590. The Balaban J connectivity index is 1.53. The molecule has 0 saturated heterocycles. The highest BCUT2D eigenvalue weighted by Gasteiger charge is 2.17. The first-order valence-electron chi connectivity index (χ1n) is 10.7. The van der Waals surface area contributed by atoms with Crippen LogP contribution in [-0.4, -0.2) is 31.7 Å². The van der Waals surface area contributed by atoms with Gasteiger partial charge in [-0.15, -0.1) is 0 Å². The van der Waals surface area contributed by atoms with E-state index in [9.17, 15) is 0 Å². The van der Waals surface area contributed by atoms with Gasteiger partial charge in [-0.2, -0.15) is 5.10 Å². The zero-order chi connectivity index (χ0) is 21.7. The summed E-state index contributed by atoms with van der Waals surface area (Å²) in [5.74, 6) is 0.979. The number of aromatic amines is 2. The van der Waals surface area contributed by atoms with Crippen molar-refractivity contribution in [2.45, 2.75) is 12.8 Å². The molecule has 6 heteroatoms. The van der Waals surface area contributed by atoms with Crippen LogP contribution >= 0.6 is 0 Å². The first-order chi connectivity index (χ1) is 15.7. The van der Waals surface area contributed by atoms with Crippen molar-refractivity contribution in [3.63, 3.8) is 0 Å². The Labute approximate surface area is 184 Å². The molecule has 0 spiro atoms. The summed E-state index contributed by atoms with van der Waals surface area (Å²) < 4.78 is 0. The Kier molecular flexibility index (Phi) is 4.26. The SMILES string of the molecule is CC(CN)c1cccc2[nH]c(-c3n[nH]c4ccc(-c5cncc6ccccc56)cc34)nc12. The maximum absolute atomic E-state index is 5.92. The number of nitrogens with one attached hydrogen (secondary N) is 2. The monoisotopic (exact) mass is 418 g/mol. The van der Waals surface area contributed by atoms with E-state index in [4.69, 9.17) is 10.7 Å². The van der Waals surface area contributed by atoms with Crippen LogP contribution in [0.15, 0.2) is 73.1 Å². The fraction of sp³-hybridized carbons (Fsp3) is 0.115. The highest BCUT2D eigenvalue weighted by Crippen LogP contribution is 2.34. The van der Waals surface area contributed by atoms with Gasteiger partial charge in [0.05, 0.1) is 16.6 Å². The Morgan fingerprint density at radius 2 is 1.84 bits per heavy atom. The third-order valence-electron chi connectivity index (χ3n) is 6.19. The average molecular weight is 419 g/mol. The smallest absolute Gasteiger partial charge is 0.159 e. The number of para-hydroxylation sites is 1. The van der Waals surface area contributed by atoms with Crippen molar-refractivity contribution in [1.82, 2.24) is 25.1 Å². The van der Waals surface area contributed by atoms with Crippen molar-refractivity contribution in [3.8, 4) is 22.6 Å². The van der Waals surface area contributed by atoms with E-state index >= 15 is 0 Å². The molecule has 3 heterocycles. The van der Waals surface area contributed by atoms with Crippen LogP contribution in [-0.2, 0) is 0 Å². The summed E-state index contributed by atoms with van der Waals surface area (Å²) in [4.78, 5) is 12.8. The molecule has 156 valence electrons. The minimum Gasteiger partial charge on any atom is -0.337 e. The van der Waals surface area contributed by atoms with Crippen LogP contribution in [0.1, 0.15) is 18.4 Å². The average Bonchev–Trinajstić information content (AvgIpc) is 3.46. The van der Waals surface area contributed by atoms with Crippen LogP contribution in [0.4, 0.5) is 0 Å². The number of nitrogens with two attached hydrogens (primary N) is 1. The molecule has 6 rings (SSSR count). The quantitative estimate of drug-likeness (QED) is 0.358. The van der Waals surface area contributed by atoms with Gasteiger partial charge in [-0.1, -0.05) is 49.4 Å². The van der Waals surface area contributed by atoms with E-state index in [1.54, 1.807) is 0 Å². The number of aromatic nitrogens is 5. The summed E-state index contributed by atoms with van der Waals surface area (Å²) in [6.07, 6.45) is 3.82. The molecule has 6 nitrogen and oxygen atoms in total. The predicted octanol–water partition coefficient (Wildman–Crippen LogP) is 5.38. The minimum absolute atomic E-state index is 0.233. The molecule has 0 aliphatic heterocycles. The van der Waals surface area contributed by atoms with Crippen molar-refractivity contribution in [2.75, 3.05) is 6.54 Å². The highest BCUT2D eigenvalue weighted by atomic mass is 15.1. The Hall–Kier alpha value is -4.03. The van der Waals surface area contributed by atoms with Crippen molar-refractivity contribution in [3.05, 3.63) is 78.6 Å². The largest absolute Gasteiger partial charge is 0.337 e. The van der Waals surface area contributed by atoms with Gasteiger partial charge in [0.2, 0.25) is 0 Å². The minimum atomic E-state index is 0.233. The Morgan fingerprint density at radius 1 is 0.938 bits per heavy atom. The second-order valence-electron chi connectivity index (χ2n) is 8.21. The number of pyridine rings is 1. The van der Waals surface area contributed by atoms with E-state index in [-0.39, 0.29) is 5.92 Å². The molecule has 0 aliphatic rings. The lowest BCUT2D eigenvalue weighted by Crippen LogP contribution is -2.09. The standard InChI is InChI=1S/C26H22N6/c1-15(12-27)18-7-4-8-23-24(18)30-26(29-23)25-20-11-16(9-10-22(20)31-32-25)21-14-28-13-17-5-2-3-6-19(17)21/h2-11,13-15H,12,27H2,1H3,(H,29,30)(H,31,32). The van der Waals surface area contributed by atoms with Crippen LogP contribution < -0.4 is 5.73 Å². The van der Waals surface area contributed by atoms with E-state index in [2.05, 4.69) is 69.6 Å². The molecule has 1 unspecified atom stereocenters. The molecule has 0 amide bonds. The second kappa shape index (κ2) is 7.28. The molecular weight excluding hydrogens is 396 g/mol. The van der Waals surface area contributed by atoms with E-state index in [0.717, 1.165) is 55.5 Å². The second-order valence-corrected chi connectivity index (χ2v) is 8.21. The van der Waals surface area contributed by atoms with E-state index < -0.39 is 0 Å². The molecule has 0 bridgehead atoms. The van der Waals surface area contributed by atoms with Gasteiger partial charge in [0.25, 0.3) is 0 Å². The molecule has 6 aromatic rings. The lowest BCUT2D eigenvalue weighted by atomic mass is 9.99. The molecule has 0 saturated carbocycles. The van der Waals surface area contributed by atoms with Gasteiger partial charge in [-0.3, -0.25) is 10.1 Å². The highest BCUT2D eigenvalue weighted by molar-refractivity contribution is 6.00. The van der Waals surface area contributed by atoms with Crippen LogP contribution in [0.3, 0.4) is 0 Å². The van der Waals surface area contributed by atoms with Crippen molar-refractivity contribution in [2.24, 2.45) is 5.73 Å². The topological polar surface area (TPSA) is 96.3 Å². The molecule has 0 radical (unpaired) electrons. The van der Waals surface area contributed by atoms with Gasteiger partial charge < -0.3 is 10.7 Å². The summed E-state index contributed by atoms with van der Waals surface area (Å²) in [6, 6.07) is 20.8.